The number of benzene rings is 1. The molecule has 2 aromatic rings. The molecular weight excluding hydrogens is 384 g/mol. The van der Waals surface area contributed by atoms with Gasteiger partial charge in [-0.2, -0.15) is 0 Å². The maximum absolute atomic E-state index is 13.3. The lowest BCUT2D eigenvalue weighted by Gasteiger charge is -2.28. The first-order valence-corrected chi connectivity index (χ1v) is 8.71. The third kappa shape index (κ3) is 6.22. The van der Waals surface area contributed by atoms with Crippen LogP contribution in [-0.4, -0.2) is 29.5 Å². The highest BCUT2D eigenvalue weighted by molar-refractivity contribution is 7.13. The maximum Gasteiger partial charge on any atom is 0.226 e. The molecule has 1 aliphatic heterocycles. The van der Waals surface area contributed by atoms with Gasteiger partial charge < -0.3 is 10.6 Å². The van der Waals surface area contributed by atoms with Crippen LogP contribution in [0.1, 0.15) is 25.5 Å². The summed E-state index contributed by atoms with van der Waals surface area (Å²) < 4.78 is 13.3. The molecule has 1 aromatic heterocycles. The molecular formula is C17H22Cl2FN3OS. The number of nitrogens with zero attached hydrogens (tertiary/aromatic N) is 1. The van der Waals surface area contributed by atoms with Crippen LogP contribution in [0.2, 0.25) is 0 Å². The normalized spacial score (nSPS) is 19.4. The van der Waals surface area contributed by atoms with E-state index in [1.165, 1.54) is 23.5 Å². The molecule has 0 radical (unpaired) electrons. The summed E-state index contributed by atoms with van der Waals surface area (Å²) in [6, 6.07) is 7.02. The lowest BCUT2D eigenvalue weighted by atomic mass is 10.0. The van der Waals surface area contributed by atoms with Crippen molar-refractivity contribution in [2.75, 3.05) is 6.54 Å². The van der Waals surface area contributed by atoms with Gasteiger partial charge in [0.15, 0.2) is 0 Å². The quantitative estimate of drug-likeness (QED) is 0.816. The molecule has 0 spiro atoms. The van der Waals surface area contributed by atoms with Crippen molar-refractivity contribution in [2.24, 2.45) is 0 Å². The van der Waals surface area contributed by atoms with Crippen molar-refractivity contribution < 1.29 is 9.18 Å². The topological polar surface area (TPSA) is 54.0 Å². The summed E-state index contributed by atoms with van der Waals surface area (Å²) >= 11 is 1.43. The number of thiazole rings is 1. The van der Waals surface area contributed by atoms with E-state index in [9.17, 15) is 9.18 Å². The predicted octanol–water partition coefficient (Wildman–Crippen LogP) is 3.59. The summed E-state index contributed by atoms with van der Waals surface area (Å²) in [6.07, 6.45) is 2.18. The lowest BCUT2D eigenvalue weighted by Crippen LogP contribution is -2.46. The molecule has 25 heavy (non-hydrogen) atoms. The third-order valence-corrected chi connectivity index (χ3v) is 4.89. The number of hydrogen-bond donors (Lipinski definition) is 2. The van der Waals surface area contributed by atoms with Crippen LogP contribution in [0.4, 0.5) is 4.39 Å². The Bertz CT molecular complexity index is 698. The van der Waals surface area contributed by atoms with Crippen molar-refractivity contribution in [3.63, 3.8) is 0 Å². The summed E-state index contributed by atoms with van der Waals surface area (Å²) in [5.41, 5.74) is 1.47. The molecule has 8 heteroatoms. The Kier molecular flexibility index (Phi) is 8.79. The molecule has 1 saturated heterocycles. The average Bonchev–Trinajstić information content (AvgIpc) is 2.95. The smallest absolute Gasteiger partial charge is 0.226 e. The van der Waals surface area contributed by atoms with Crippen molar-refractivity contribution >= 4 is 42.1 Å². The van der Waals surface area contributed by atoms with Crippen LogP contribution in [0.15, 0.2) is 29.6 Å². The zero-order valence-electron chi connectivity index (χ0n) is 13.8. The van der Waals surface area contributed by atoms with Gasteiger partial charge in [-0.05, 0) is 38.4 Å². The molecule has 2 heterocycles. The number of carbonyl (C=O) groups is 1. The molecule has 138 valence electrons. The summed E-state index contributed by atoms with van der Waals surface area (Å²) in [6.45, 7) is 3.07. The number of amides is 1. The Morgan fingerprint density at radius 1 is 1.44 bits per heavy atom. The first-order chi connectivity index (χ1) is 11.1. The van der Waals surface area contributed by atoms with Gasteiger partial charge in [0.2, 0.25) is 5.91 Å². The SMILES string of the molecule is CC1CC(NC(=O)Cc2csc(-c3cccc(F)c3)n2)CCN1.Cl.Cl. The van der Waals surface area contributed by atoms with E-state index in [1.54, 1.807) is 6.07 Å². The molecule has 2 unspecified atom stereocenters. The zero-order chi connectivity index (χ0) is 16.2. The maximum atomic E-state index is 13.3. The van der Waals surface area contributed by atoms with Gasteiger partial charge in [0.1, 0.15) is 10.8 Å². The van der Waals surface area contributed by atoms with E-state index in [0.717, 1.165) is 35.7 Å². The van der Waals surface area contributed by atoms with Crippen LogP contribution in [0.5, 0.6) is 0 Å². The minimum atomic E-state index is -0.281. The molecule has 0 bridgehead atoms. The second kappa shape index (κ2) is 10.1. The van der Waals surface area contributed by atoms with Gasteiger partial charge in [0, 0.05) is 23.0 Å². The van der Waals surface area contributed by atoms with E-state index in [0.29, 0.717) is 6.04 Å². The number of piperidine rings is 1. The molecule has 1 fully saturated rings. The first-order valence-electron chi connectivity index (χ1n) is 7.83. The Labute approximate surface area is 163 Å². The minimum absolute atomic E-state index is 0. The van der Waals surface area contributed by atoms with Crippen LogP contribution in [0, 0.1) is 5.82 Å². The van der Waals surface area contributed by atoms with Gasteiger partial charge in [-0.3, -0.25) is 4.79 Å². The van der Waals surface area contributed by atoms with E-state index in [4.69, 9.17) is 0 Å². The van der Waals surface area contributed by atoms with Crippen LogP contribution < -0.4 is 10.6 Å². The number of hydrogen-bond acceptors (Lipinski definition) is 4. The monoisotopic (exact) mass is 405 g/mol. The Balaban J connectivity index is 0.00000156. The van der Waals surface area contributed by atoms with Crippen molar-refractivity contribution in [3.05, 3.63) is 41.2 Å². The summed E-state index contributed by atoms with van der Waals surface area (Å²) in [5.74, 6) is -0.280. The highest BCUT2D eigenvalue weighted by atomic mass is 35.5. The predicted molar refractivity (Wildman–Crippen MR) is 104 cm³/mol. The van der Waals surface area contributed by atoms with Gasteiger partial charge in [0.25, 0.3) is 0 Å². The van der Waals surface area contributed by atoms with Crippen molar-refractivity contribution in [2.45, 2.75) is 38.3 Å². The molecule has 4 nitrogen and oxygen atoms in total. The first kappa shape index (κ1) is 21.8. The number of aromatic nitrogens is 1. The Morgan fingerprint density at radius 3 is 2.96 bits per heavy atom. The van der Waals surface area contributed by atoms with Crippen LogP contribution in [0.3, 0.4) is 0 Å². The van der Waals surface area contributed by atoms with E-state index in [1.807, 2.05) is 11.4 Å². The molecule has 0 saturated carbocycles. The molecule has 1 aromatic carbocycles. The molecule has 1 amide bonds. The zero-order valence-corrected chi connectivity index (χ0v) is 16.3. The number of carbonyl (C=O) groups excluding carboxylic acids is 1. The van der Waals surface area contributed by atoms with E-state index < -0.39 is 0 Å². The molecule has 3 rings (SSSR count). The fraction of sp³-hybridized carbons (Fsp3) is 0.412. The molecule has 0 aliphatic carbocycles. The largest absolute Gasteiger partial charge is 0.353 e. The van der Waals surface area contributed by atoms with Crippen LogP contribution in [0.25, 0.3) is 10.6 Å². The summed E-state index contributed by atoms with van der Waals surface area (Å²) in [5, 5.41) is 9.05. The van der Waals surface area contributed by atoms with E-state index >= 15 is 0 Å². The Hall–Kier alpha value is -1.21. The van der Waals surface area contributed by atoms with Gasteiger partial charge >= 0.3 is 0 Å². The Morgan fingerprint density at radius 2 is 2.24 bits per heavy atom. The lowest BCUT2D eigenvalue weighted by molar-refractivity contribution is -0.121. The standard InChI is InChI=1S/C17H20FN3OS.2ClH/c1-11-7-14(5-6-19-11)20-16(22)9-15-10-23-17(21-15)12-3-2-4-13(18)8-12;;/h2-4,8,10-11,14,19H,5-7,9H2,1H3,(H,20,22);2*1H. The molecule has 2 atom stereocenters. The molecule has 1 aliphatic rings. The molecule has 2 N–H and O–H groups in total. The van der Waals surface area contributed by atoms with Gasteiger partial charge in [0.05, 0.1) is 12.1 Å². The van der Waals surface area contributed by atoms with Crippen molar-refractivity contribution in [1.29, 1.82) is 0 Å². The number of rotatable bonds is 4. The van der Waals surface area contributed by atoms with Crippen molar-refractivity contribution in [1.82, 2.24) is 15.6 Å². The number of nitrogens with one attached hydrogen (secondary N) is 2. The summed E-state index contributed by atoms with van der Waals surface area (Å²) in [7, 11) is 0. The van der Waals surface area contributed by atoms with Crippen LogP contribution in [-0.2, 0) is 11.2 Å². The fourth-order valence-electron chi connectivity index (χ4n) is 2.85. The minimum Gasteiger partial charge on any atom is -0.353 e. The highest BCUT2D eigenvalue weighted by Gasteiger charge is 2.20. The average molecular weight is 406 g/mol. The second-order valence-corrected chi connectivity index (χ2v) is 6.83. The highest BCUT2D eigenvalue weighted by Crippen LogP contribution is 2.24. The third-order valence-electron chi connectivity index (χ3n) is 3.95. The fourth-order valence-corrected chi connectivity index (χ4v) is 3.67. The van der Waals surface area contributed by atoms with Gasteiger partial charge in [-0.25, -0.2) is 9.37 Å². The van der Waals surface area contributed by atoms with Crippen LogP contribution >= 0.6 is 36.2 Å². The number of halogens is 3. The van der Waals surface area contributed by atoms with E-state index in [2.05, 4.69) is 22.5 Å². The van der Waals surface area contributed by atoms with Gasteiger partial charge in [-0.1, -0.05) is 12.1 Å². The van der Waals surface area contributed by atoms with Gasteiger partial charge in [-0.15, -0.1) is 36.2 Å². The van der Waals surface area contributed by atoms with E-state index in [-0.39, 0.29) is 49.0 Å². The second-order valence-electron chi connectivity index (χ2n) is 5.98. The van der Waals surface area contributed by atoms with Crippen molar-refractivity contribution in [3.8, 4) is 10.6 Å². The summed E-state index contributed by atoms with van der Waals surface area (Å²) in [4.78, 5) is 16.6.